The van der Waals surface area contributed by atoms with E-state index in [4.69, 9.17) is 9.47 Å². The molecule has 0 aliphatic rings. The molecule has 0 aliphatic carbocycles. The summed E-state index contributed by atoms with van der Waals surface area (Å²) in [4.78, 5) is 24.9. The number of ether oxygens (including phenoxy) is 2. The van der Waals surface area contributed by atoms with Gasteiger partial charge in [-0.05, 0) is 18.6 Å². The van der Waals surface area contributed by atoms with Crippen LogP contribution in [-0.4, -0.2) is 30.5 Å². The van der Waals surface area contributed by atoms with Crippen molar-refractivity contribution in [2.75, 3.05) is 13.2 Å². The molecule has 19 heavy (non-hydrogen) atoms. The molecule has 5 nitrogen and oxygen atoms in total. The summed E-state index contributed by atoms with van der Waals surface area (Å²) >= 11 is 0. The predicted octanol–water partition coefficient (Wildman–Crippen LogP) is 1.85. The van der Waals surface area contributed by atoms with E-state index in [1.165, 1.54) is 0 Å². The van der Waals surface area contributed by atoms with Crippen LogP contribution in [0.4, 0.5) is 0 Å². The molecular weight excluding hydrogens is 246 g/mol. The van der Waals surface area contributed by atoms with E-state index >= 15 is 0 Å². The highest BCUT2D eigenvalue weighted by Gasteiger charge is 2.10. The number of para-hydroxylation sites is 1. The zero-order chi connectivity index (χ0) is 13.7. The molecule has 1 N–H and O–H groups in total. The first-order valence-corrected chi connectivity index (χ1v) is 6.07. The van der Waals surface area contributed by atoms with Gasteiger partial charge >= 0.3 is 5.97 Å². The number of rotatable bonds is 6. The summed E-state index contributed by atoms with van der Waals surface area (Å²) in [5, 5.41) is 0.924. The number of esters is 1. The summed E-state index contributed by atoms with van der Waals surface area (Å²) in [5.41, 5.74) is 1.69. The van der Waals surface area contributed by atoms with Crippen LogP contribution in [0.3, 0.4) is 0 Å². The van der Waals surface area contributed by atoms with E-state index in [9.17, 15) is 9.59 Å². The van der Waals surface area contributed by atoms with Crippen LogP contribution in [0.1, 0.15) is 12.5 Å². The summed E-state index contributed by atoms with van der Waals surface area (Å²) in [6, 6.07) is 5.50. The lowest BCUT2D eigenvalue weighted by Gasteiger charge is -2.06. The van der Waals surface area contributed by atoms with Crippen LogP contribution in [0.5, 0.6) is 5.75 Å². The van der Waals surface area contributed by atoms with Gasteiger partial charge in [-0.15, -0.1) is 0 Å². The normalized spacial score (nSPS) is 10.4. The molecule has 0 atom stereocenters. The number of fused-ring (bicyclic) bond motifs is 1. The fourth-order valence-corrected chi connectivity index (χ4v) is 1.90. The predicted molar refractivity (Wildman–Crippen MR) is 70.2 cm³/mol. The quantitative estimate of drug-likeness (QED) is 0.636. The maximum Gasteiger partial charge on any atom is 0.344 e. The third-order valence-corrected chi connectivity index (χ3v) is 2.72. The first kappa shape index (κ1) is 13.1. The number of nitrogens with one attached hydrogen (secondary N) is 1. The molecule has 0 unspecified atom stereocenters. The van der Waals surface area contributed by atoms with E-state index in [1.807, 2.05) is 12.1 Å². The van der Waals surface area contributed by atoms with Gasteiger partial charge in [0.15, 0.2) is 6.61 Å². The van der Waals surface area contributed by atoms with Gasteiger partial charge in [0, 0.05) is 18.0 Å². The Hall–Kier alpha value is -2.30. The van der Waals surface area contributed by atoms with Gasteiger partial charge < -0.3 is 19.3 Å². The zero-order valence-corrected chi connectivity index (χ0v) is 10.6. The second kappa shape index (κ2) is 6.04. The Morgan fingerprint density at radius 2 is 2.26 bits per heavy atom. The monoisotopic (exact) mass is 261 g/mol. The Kier molecular flexibility index (Phi) is 4.18. The molecule has 0 saturated carbocycles. The van der Waals surface area contributed by atoms with E-state index in [1.54, 1.807) is 19.2 Å². The van der Waals surface area contributed by atoms with Crippen LogP contribution in [-0.2, 0) is 20.7 Å². The molecule has 2 rings (SSSR count). The van der Waals surface area contributed by atoms with Gasteiger partial charge in [0.05, 0.1) is 12.1 Å². The molecule has 0 spiro atoms. The molecule has 5 heteroatoms. The van der Waals surface area contributed by atoms with Crippen molar-refractivity contribution in [3.8, 4) is 5.75 Å². The van der Waals surface area contributed by atoms with Crippen molar-refractivity contribution in [1.82, 2.24) is 4.98 Å². The SMILES string of the molecule is CCOC(=O)COc1cccc2c(CC=O)c[nH]c12. The Balaban J connectivity index is 2.19. The average molecular weight is 261 g/mol. The smallest absolute Gasteiger partial charge is 0.344 e. The lowest BCUT2D eigenvalue weighted by Crippen LogP contribution is -2.14. The fourth-order valence-electron chi connectivity index (χ4n) is 1.90. The van der Waals surface area contributed by atoms with Gasteiger partial charge in [0.2, 0.25) is 0 Å². The average Bonchev–Trinajstić information content (AvgIpc) is 2.81. The molecule has 0 aliphatic heterocycles. The van der Waals surface area contributed by atoms with Crippen molar-refractivity contribution in [2.24, 2.45) is 0 Å². The van der Waals surface area contributed by atoms with E-state index < -0.39 is 5.97 Å². The van der Waals surface area contributed by atoms with Gasteiger partial charge in [-0.25, -0.2) is 4.79 Å². The van der Waals surface area contributed by atoms with Crippen LogP contribution < -0.4 is 4.74 Å². The number of aromatic amines is 1. The molecule has 0 amide bonds. The molecule has 2 aromatic rings. The molecule has 0 bridgehead atoms. The highest BCUT2D eigenvalue weighted by atomic mass is 16.6. The number of aldehydes is 1. The van der Waals surface area contributed by atoms with E-state index in [0.29, 0.717) is 18.8 Å². The Bertz CT molecular complexity index is 588. The molecule has 0 fully saturated rings. The minimum Gasteiger partial charge on any atom is -0.480 e. The minimum atomic E-state index is -0.404. The van der Waals surface area contributed by atoms with Crippen molar-refractivity contribution in [2.45, 2.75) is 13.3 Å². The lowest BCUT2D eigenvalue weighted by atomic mass is 10.1. The van der Waals surface area contributed by atoms with Crippen molar-refractivity contribution in [3.05, 3.63) is 30.0 Å². The summed E-state index contributed by atoms with van der Waals surface area (Å²) in [5.74, 6) is 0.168. The van der Waals surface area contributed by atoms with E-state index in [-0.39, 0.29) is 6.61 Å². The number of hydrogen-bond acceptors (Lipinski definition) is 4. The summed E-state index contributed by atoms with van der Waals surface area (Å²) in [6.45, 7) is 1.95. The van der Waals surface area contributed by atoms with Crippen molar-refractivity contribution >= 4 is 23.2 Å². The van der Waals surface area contributed by atoms with Gasteiger partial charge in [0.25, 0.3) is 0 Å². The molecule has 0 radical (unpaired) electrons. The molecule has 0 saturated heterocycles. The number of H-pyrrole nitrogens is 1. The molecule has 1 heterocycles. The number of benzene rings is 1. The van der Waals surface area contributed by atoms with Gasteiger partial charge in [-0.2, -0.15) is 0 Å². The van der Waals surface area contributed by atoms with Gasteiger partial charge in [-0.1, -0.05) is 12.1 Å². The largest absolute Gasteiger partial charge is 0.480 e. The van der Waals surface area contributed by atoms with Crippen molar-refractivity contribution in [3.63, 3.8) is 0 Å². The maximum atomic E-state index is 11.3. The summed E-state index contributed by atoms with van der Waals surface area (Å²) < 4.78 is 10.2. The zero-order valence-electron chi connectivity index (χ0n) is 10.6. The van der Waals surface area contributed by atoms with Crippen LogP contribution in [0.15, 0.2) is 24.4 Å². The molecular formula is C14H15NO4. The fraction of sp³-hybridized carbons (Fsp3) is 0.286. The van der Waals surface area contributed by atoms with Crippen molar-refractivity contribution in [1.29, 1.82) is 0 Å². The van der Waals surface area contributed by atoms with Crippen LogP contribution in [0, 0.1) is 0 Å². The number of carbonyl (C=O) groups is 2. The van der Waals surface area contributed by atoms with Crippen molar-refractivity contribution < 1.29 is 19.1 Å². The first-order chi connectivity index (χ1) is 9.26. The summed E-state index contributed by atoms with van der Waals surface area (Å²) in [7, 11) is 0. The highest BCUT2D eigenvalue weighted by molar-refractivity contribution is 5.90. The Morgan fingerprint density at radius 3 is 3.00 bits per heavy atom. The molecule has 1 aromatic carbocycles. The number of carbonyl (C=O) groups excluding carboxylic acids is 2. The third kappa shape index (κ3) is 2.93. The lowest BCUT2D eigenvalue weighted by molar-refractivity contribution is -0.145. The maximum absolute atomic E-state index is 11.3. The highest BCUT2D eigenvalue weighted by Crippen LogP contribution is 2.27. The summed E-state index contributed by atoms with van der Waals surface area (Å²) in [6.07, 6.45) is 2.98. The third-order valence-electron chi connectivity index (χ3n) is 2.72. The van der Waals surface area contributed by atoms with Crippen LogP contribution in [0.25, 0.3) is 10.9 Å². The standard InChI is InChI=1S/C14H15NO4/c1-2-18-13(17)9-19-12-5-3-4-11-10(6-7-16)8-15-14(11)12/h3-5,7-8,15H,2,6,9H2,1H3. The topological polar surface area (TPSA) is 68.4 Å². The minimum absolute atomic E-state index is 0.130. The van der Waals surface area contributed by atoms with E-state index in [2.05, 4.69) is 4.98 Å². The second-order valence-corrected chi connectivity index (χ2v) is 3.96. The van der Waals surface area contributed by atoms with Crippen LogP contribution in [0.2, 0.25) is 0 Å². The Labute approximate surface area is 110 Å². The molecule has 1 aromatic heterocycles. The number of aromatic nitrogens is 1. The van der Waals surface area contributed by atoms with Gasteiger partial charge in [0.1, 0.15) is 12.0 Å². The van der Waals surface area contributed by atoms with Gasteiger partial charge in [-0.3, -0.25) is 0 Å². The Morgan fingerprint density at radius 1 is 1.42 bits per heavy atom. The first-order valence-electron chi connectivity index (χ1n) is 6.07. The van der Waals surface area contributed by atoms with Crippen LogP contribution >= 0.6 is 0 Å². The number of hydrogen-bond donors (Lipinski definition) is 1. The molecule has 100 valence electrons. The van der Waals surface area contributed by atoms with E-state index in [0.717, 1.165) is 22.8 Å². The second-order valence-electron chi connectivity index (χ2n) is 3.96.